The summed E-state index contributed by atoms with van der Waals surface area (Å²) in [5.74, 6) is 2.00. The van der Waals surface area contributed by atoms with Crippen molar-refractivity contribution >= 4 is 11.5 Å². The van der Waals surface area contributed by atoms with Crippen molar-refractivity contribution < 1.29 is 0 Å². The van der Waals surface area contributed by atoms with E-state index in [0.717, 1.165) is 12.4 Å². The second-order valence-electron chi connectivity index (χ2n) is 5.42. The summed E-state index contributed by atoms with van der Waals surface area (Å²) in [5, 5.41) is 9.03. The number of nitriles is 1. The average Bonchev–Trinajstić information content (AvgIpc) is 2.34. The van der Waals surface area contributed by atoms with Crippen molar-refractivity contribution in [2.24, 2.45) is 11.8 Å². The van der Waals surface area contributed by atoms with Crippen LogP contribution in [0.4, 0.5) is 11.5 Å². The summed E-state index contributed by atoms with van der Waals surface area (Å²) < 4.78 is 0. The Morgan fingerprint density at radius 3 is 2.83 bits per heavy atom. The Bertz CT molecular complexity index is 477. The number of aromatic nitrogens is 1. The van der Waals surface area contributed by atoms with Crippen molar-refractivity contribution in [3.8, 4) is 6.07 Å². The summed E-state index contributed by atoms with van der Waals surface area (Å²) in [5.41, 5.74) is 7.07. The number of hydrogen-bond acceptors (Lipinski definition) is 4. The van der Waals surface area contributed by atoms with Gasteiger partial charge in [0.15, 0.2) is 5.82 Å². The van der Waals surface area contributed by atoms with Crippen LogP contribution < -0.4 is 10.6 Å². The number of anilines is 2. The first kappa shape index (κ1) is 12.7. The van der Waals surface area contributed by atoms with Gasteiger partial charge in [-0.2, -0.15) is 5.26 Å². The summed E-state index contributed by atoms with van der Waals surface area (Å²) in [4.78, 5) is 6.62. The van der Waals surface area contributed by atoms with Crippen LogP contribution in [-0.4, -0.2) is 17.6 Å². The molecule has 1 fully saturated rings. The molecule has 0 bridgehead atoms. The Kier molecular flexibility index (Phi) is 3.42. The molecule has 0 saturated carbocycles. The van der Waals surface area contributed by atoms with Gasteiger partial charge >= 0.3 is 0 Å². The van der Waals surface area contributed by atoms with E-state index >= 15 is 0 Å². The molecule has 2 rings (SSSR count). The molecule has 0 amide bonds. The van der Waals surface area contributed by atoms with E-state index in [0.29, 0.717) is 29.1 Å². The fraction of sp³-hybridized carbons (Fsp3) is 0.571. The van der Waals surface area contributed by atoms with Crippen LogP contribution in [0.15, 0.2) is 12.3 Å². The highest BCUT2D eigenvalue weighted by molar-refractivity contribution is 5.70. The van der Waals surface area contributed by atoms with Gasteiger partial charge in [-0.25, -0.2) is 4.98 Å². The SMILES string of the molecule is CC1CC(C)C(C)N(c2nccc(C#N)c2N)C1. The largest absolute Gasteiger partial charge is 0.395 e. The van der Waals surface area contributed by atoms with Crippen molar-refractivity contribution in [2.75, 3.05) is 17.2 Å². The molecule has 0 radical (unpaired) electrons. The molecule has 4 nitrogen and oxygen atoms in total. The average molecular weight is 244 g/mol. The van der Waals surface area contributed by atoms with Gasteiger partial charge in [-0.15, -0.1) is 0 Å². The highest BCUT2D eigenvalue weighted by Gasteiger charge is 2.30. The molecule has 3 unspecified atom stereocenters. The van der Waals surface area contributed by atoms with Crippen molar-refractivity contribution in [2.45, 2.75) is 33.2 Å². The summed E-state index contributed by atoms with van der Waals surface area (Å²) >= 11 is 0. The van der Waals surface area contributed by atoms with E-state index in [1.165, 1.54) is 6.42 Å². The number of pyridine rings is 1. The van der Waals surface area contributed by atoms with Crippen LogP contribution >= 0.6 is 0 Å². The molecule has 96 valence electrons. The Morgan fingerprint density at radius 1 is 1.44 bits per heavy atom. The van der Waals surface area contributed by atoms with Gasteiger partial charge in [0.25, 0.3) is 0 Å². The van der Waals surface area contributed by atoms with E-state index in [1.807, 2.05) is 0 Å². The zero-order chi connectivity index (χ0) is 13.3. The number of nitrogens with two attached hydrogens (primary N) is 1. The second-order valence-corrected chi connectivity index (χ2v) is 5.42. The third kappa shape index (κ3) is 2.13. The minimum absolute atomic E-state index is 0.407. The fourth-order valence-corrected chi connectivity index (χ4v) is 2.78. The molecule has 0 aliphatic carbocycles. The third-order valence-corrected chi connectivity index (χ3v) is 3.96. The van der Waals surface area contributed by atoms with Crippen molar-refractivity contribution in [3.05, 3.63) is 17.8 Å². The Morgan fingerprint density at radius 2 is 2.17 bits per heavy atom. The zero-order valence-corrected chi connectivity index (χ0v) is 11.2. The molecule has 2 N–H and O–H groups in total. The van der Waals surface area contributed by atoms with E-state index in [9.17, 15) is 0 Å². The van der Waals surface area contributed by atoms with Crippen LogP contribution in [0.2, 0.25) is 0 Å². The molecule has 1 aliphatic heterocycles. The molecule has 2 heterocycles. The molecular weight excluding hydrogens is 224 g/mol. The first-order chi connectivity index (χ1) is 8.54. The second kappa shape index (κ2) is 4.85. The van der Waals surface area contributed by atoms with Crippen molar-refractivity contribution in [3.63, 3.8) is 0 Å². The topological polar surface area (TPSA) is 65.9 Å². The van der Waals surface area contributed by atoms with Crippen LogP contribution in [0.25, 0.3) is 0 Å². The van der Waals surface area contributed by atoms with E-state index in [1.54, 1.807) is 12.3 Å². The van der Waals surface area contributed by atoms with Gasteiger partial charge in [0.2, 0.25) is 0 Å². The van der Waals surface area contributed by atoms with Gasteiger partial charge in [-0.05, 0) is 31.2 Å². The molecule has 18 heavy (non-hydrogen) atoms. The predicted molar refractivity (Wildman–Crippen MR) is 73.1 cm³/mol. The highest BCUT2D eigenvalue weighted by Crippen LogP contribution is 2.33. The van der Waals surface area contributed by atoms with E-state index in [2.05, 4.69) is 36.7 Å². The lowest BCUT2D eigenvalue weighted by Gasteiger charge is -2.42. The van der Waals surface area contributed by atoms with Crippen LogP contribution in [0, 0.1) is 23.2 Å². The van der Waals surface area contributed by atoms with Crippen molar-refractivity contribution in [1.29, 1.82) is 5.26 Å². The van der Waals surface area contributed by atoms with E-state index in [4.69, 9.17) is 11.0 Å². The lowest BCUT2D eigenvalue weighted by Crippen LogP contribution is -2.46. The van der Waals surface area contributed by atoms with Crippen LogP contribution in [0.5, 0.6) is 0 Å². The number of hydrogen-bond donors (Lipinski definition) is 1. The Balaban J connectivity index is 2.39. The molecule has 3 atom stereocenters. The van der Waals surface area contributed by atoms with Gasteiger partial charge in [-0.1, -0.05) is 13.8 Å². The molecule has 1 aromatic rings. The van der Waals surface area contributed by atoms with Crippen LogP contribution in [0.3, 0.4) is 0 Å². The number of nitrogen functional groups attached to an aromatic ring is 1. The Labute approximate surface area is 108 Å². The van der Waals surface area contributed by atoms with E-state index in [-0.39, 0.29) is 0 Å². The van der Waals surface area contributed by atoms with Gasteiger partial charge in [0.05, 0.1) is 11.3 Å². The number of rotatable bonds is 1. The predicted octanol–water partition coefficient (Wildman–Crippen LogP) is 2.41. The lowest BCUT2D eigenvalue weighted by atomic mass is 9.86. The highest BCUT2D eigenvalue weighted by atomic mass is 15.2. The summed E-state index contributed by atoms with van der Waals surface area (Å²) in [6, 6.07) is 4.19. The molecule has 1 aliphatic rings. The molecule has 1 aromatic heterocycles. The maximum atomic E-state index is 9.03. The Hall–Kier alpha value is -1.76. The zero-order valence-electron chi connectivity index (χ0n) is 11.2. The first-order valence-electron chi connectivity index (χ1n) is 6.45. The monoisotopic (exact) mass is 244 g/mol. The van der Waals surface area contributed by atoms with Crippen molar-refractivity contribution in [1.82, 2.24) is 4.98 Å². The molecule has 4 heteroatoms. The fourth-order valence-electron chi connectivity index (χ4n) is 2.78. The van der Waals surface area contributed by atoms with Crippen LogP contribution in [0.1, 0.15) is 32.8 Å². The maximum absolute atomic E-state index is 9.03. The van der Waals surface area contributed by atoms with Gasteiger partial charge in [0.1, 0.15) is 6.07 Å². The quantitative estimate of drug-likeness (QED) is 0.823. The molecule has 1 saturated heterocycles. The number of nitrogens with zero attached hydrogens (tertiary/aromatic N) is 3. The maximum Gasteiger partial charge on any atom is 0.153 e. The number of piperidine rings is 1. The van der Waals surface area contributed by atoms with Crippen LogP contribution in [-0.2, 0) is 0 Å². The summed E-state index contributed by atoms with van der Waals surface area (Å²) in [6.45, 7) is 7.67. The normalized spacial score (nSPS) is 27.9. The summed E-state index contributed by atoms with van der Waals surface area (Å²) in [6.07, 6.45) is 2.90. The standard InChI is InChI=1S/C14H20N4/c1-9-6-10(2)11(3)18(8-9)14-13(16)12(7-15)4-5-17-14/h4-5,9-11H,6,8,16H2,1-3H3. The lowest BCUT2D eigenvalue weighted by molar-refractivity contribution is 0.295. The first-order valence-corrected chi connectivity index (χ1v) is 6.45. The minimum atomic E-state index is 0.407. The molecular formula is C14H20N4. The summed E-state index contributed by atoms with van der Waals surface area (Å²) in [7, 11) is 0. The van der Waals surface area contributed by atoms with Gasteiger partial charge in [0, 0.05) is 18.8 Å². The molecule has 0 aromatic carbocycles. The third-order valence-electron chi connectivity index (χ3n) is 3.96. The van der Waals surface area contributed by atoms with E-state index < -0.39 is 0 Å². The molecule has 0 spiro atoms. The van der Waals surface area contributed by atoms with Gasteiger partial charge in [-0.3, -0.25) is 0 Å². The smallest absolute Gasteiger partial charge is 0.153 e. The van der Waals surface area contributed by atoms with Gasteiger partial charge < -0.3 is 10.6 Å². The minimum Gasteiger partial charge on any atom is -0.395 e.